The molecule has 1 atom stereocenters. The number of benzene rings is 2. The highest BCUT2D eigenvalue weighted by Crippen LogP contribution is 2.29. The maximum atomic E-state index is 13.4. The van der Waals surface area contributed by atoms with Gasteiger partial charge in [-0.2, -0.15) is 4.31 Å². The predicted octanol–water partition coefficient (Wildman–Crippen LogP) is 3.65. The average molecular weight is 480 g/mol. The van der Waals surface area contributed by atoms with Crippen LogP contribution in [0.5, 0.6) is 0 Å². The van der Waals surface area contributed by atoms with Crippen molar-refractivity contribution in [1.82, 2.24) is 4.31 Å². The van der Waals surface area contributed by atoms with E-state index in [1.165, 1.54) is 39.5 Å². The summed E-state index contributed by atoms with van der Waals surface area (Å²) in [5, 5.41) is 2.65. The van der Waals surface area contributed by atoms with Crippen LogP contribution >= 0.6 is 11.6 Å². The maximum Gasteiger partial charge on any atom is 0.243 e. The summed E-state index contributed by atoms with van der Waals surface area (Å²) < 4.78 is 40.4. The molecule has 7 nitrogen and oxygen atoms in total. The van der Waals surface area contributed by atoms with Gasteiger partial charge in [0.2, 0.25) is 21.8 Å². The molecule has 2 heterocycles. The van der Waals surface area contributed by atoms with Crippen molar-refractivity contribution >= 4 is 44.8 Å². The molecule has 1 N–H and O–H groups in total. The predicted molar refractivity (Wildman–Crippen MR) is 120 cm³/mol. The zero-order chi connectivity index (χ0) is 22.9. The standard InChI is InChI=1S/C22H23ClFN3O4S/c23-19-13-17(6-9-20(19)24)27-14-15(12-21(27)28)22(29)25-16-4-7-18(8-5-16)32(30,31)26-10-2-1-3-11-26/h4-9,13,15H,1-3,10-12,14H2,(H,25,29). The molecule has 2 aliphatic heterocycles. The van der Waals surface area contributed by atoms with Gasteiger partial charge in [-0.05, 0) is 55.3 Å². The van der Waals surface area contributed by atoms with E-state index in [0.717, 1.165) is 19.3 Å². The van der Waals surface area contributed by atoms with Gasteiger partial charge in [-0.15, -0.1) is 0 Å². The van der Waals surface area contributed by atoms with Crippen molar-refractivity contribution in [2.24, 2.45) is 5.92 Å². The number of carbonyl (C=O) groups excluding carboxylic acids is 2. The van der Waals surface area contributed by atoms with E-state index in [0.29, 0.717) is 24.5 Å². The smallest absolute Gasteiger partial charge is 0.243 e. The van der Waals surface area contributed by atoms with Crippen molar-refractivity contribution in [3.8, 4) is 0 Å². The van der Waals surface area contributed by atoms with Gasteiger partial charge in [-0.1, -0.05) is 18.0 Å². The van der Waals surface area contributed by atoms with Gasteiger partial charge in [-0.3, -0.25) is 9.59 Å². The number of hydrogen-bond donors (Lipinski definition) is 1. The molecular formula is C22H23ClFN3O4S. The number of nitrogens with one attached hydrogen (secondary N) is 1. The molecule has 2 aromatic rings. The Morgan fingerprint density at radius 2 is 1.75 bits per heavy atom. The van der Waals surface area contributed by atoms with Crippen LogP contribution in [0.1, 0.15) is 25.7 Å². The Morgan fingerprint density at radius 3 is 2.41 bits per heavy atom. The first-order valence-corrected chi connectivity index (χ1v) is 12.2. The van der Waals surface area contributed by atoms with E-state index in [1.807, 2.05) is 0 Å². The van der Waals surface area contributed by atoms with Gasteiger partial charge in [0.1, 0.15) is 5.82 Å². The minimum atomic E-state index is -3.54. The summed E-state index contributed by atoms with van der Waals surface area (Å²) in [6.07, 6.45) is 2.76. The Labute approximate surface area is 191 Å². The zero-order valence-corrected chi connectivity index (χ0v) is 18.8. The van der Waals surface area contributed by atoms with E-state index >= 15 is 0 Å². The summed E-state index contributed by atoms with van der Waals surface area (Å²) >= 11 is 5.80. The lowest BCUT2D eigenvalue weighted by Crippen LogP contribution is -2.35. The van der Waals surface area contributed by atoms with Crippen molar-refractivity contribution in [3.05, 3.63) is 53.3 Å². The number of halogens is 2. The number of carbonyl (C=O) groups is 2. The molecule has 0 aromatic heterocycles. The molecular weight excluding hydrogens is 457 g/mol. The summed E-state index contributed by atoms with van der Waals surface area (Å²) in [6.45, 7) is 1.19. The molecule has 2 aliphatic rings. The highest BCUT2D eigenvalue weighted by Gasteiger charge is 2.35. The second-order valence-corrected chi connectivity index (χ2v) is 10.3. The molecule has 2 amide bonds. The van der Waals surface area contributed by atoms with Crippen LogP contribution in [-0.2, 0) is 19.6 Å². The first kappa shape index (κ1) is 22.7. The number of anilines is 2. The van der Waals surface area contributed by atoms with Gasteiger partial charge in [0.25, 0.3) is 0 Å². The maximum absolute atomic E-state index is 13.4. The number of piperidine rings is 1. The van der Waals surface area contributed by atoms with E-state index < -0.39 is 21.8 Å². The van der Waals surface area contributed by atoms with Crippen molar-refractivity contribution in [1.29, 1.82) is 0 Å². The molecule has 0 bridgehead atoms. The summed E-state index contributed by atoms with van der Waals surface area (Å²) in [5.74, 6) is -1.78. The molecule has 4 rings (SSSR count). The number of nitrogens with zero attached hydrogens (tertiary/aromatic N) is 2. The molecule has 10 heteroatoms. The molecule has 1 unspecified atom stereocenters. The van der Waals surface area contributed by atoms with Gasteiger partial charge < -0.3 is 10.2 Å². The zero-order valence-electron chi connectivity index (χ0n) is 17.3. The van der Waals surface area contributed by atoms with Crippen LogP contribution in [0.25, 0.3) is 0 Å². The molecule has 0 spiro atoms. The van der Waals surface area contributed by atoms with E-state index in [1.54, 1.807) is 12.1 Å². The highest BCUT2D eigenvalue weighted by molar-refractivity contribution is 7.89. The van der Waals surface area contributed by atoms with Crippen LogP contribution in [0.3, 0.4) is 0 Å². The molecule has 0 aliphatic carbocycles. The van der Waals surface area contributed by atoms with Gasteiger partial charge in [0, 0.05) is 37.4 Å². The monoisotopic (exact) mass is 479 g/mol. The van der Waals surface area contributed by atoms with Gasteiger partial charge in [-0.25, -0.2) is 12.8 Å². The molecule has 2 saturated heterocycles. The lowest BCUT2D eigenvalue weighted by Gasteiger charge is -2.25. The SMILES string of the molecule is O=C(Nc1ccc(S(=O)(=O)N2CCCCC2)cc1)C1CC(=O)N(c2ccc(F)c(Cl)c2)C1. The molecule has 2 aromatic carbocycles. The normalized spacial score (nSPS) is 19.9. The van der Waals surface area contributed by atoms with Crippen LogP contribution < -0.4 is 10.2 Å². The molecule has 0 radical (unpaired) electrons. The van der Waals surface area contributed by atoms with E-state index in [2.05, 4.69) is 5.32 Å². The van der Waals surface area contributed by atoms with Crippen LogP contribution in [0.4, 0.5) is 15.8 Å². The van der Waals surface area contributed by atoms with Crippen molar-refractivity contribution < 1.29 is 22.4 Å². The van der Waals surface area contributed by atoms with Crippen LogP contribution in [0.15, 0.2) is 47.4 Å². The number of rotatable bonds is 5. The number of sulfonamides is 1. The van der Waals surface area contributed by atoms with Crippen LogP contribution in [0.2, 0.25) is 5.02 Å². The molecule has 32 heavy (non-hydrogen) atoms. The molecule has 170 valence electrons. The fraction of sp³-hybridized carbons (Fsp3) is 0.364. The molecule has 2 fully saturated rings. The Morgan fingerprint density at radius 1 is 1.06 bits per heavy atom. The van der Waals surface area contributed by atoms with Crippen molar-refractivity contribution in [2.45, 2.75) is 30.6 Å². The Kier molecular flexibility index (Phi) is 6.50. The fourth-order valence-corrected chi connectivity index (χ4v) is 5.69. The second-order valence-electron chi connectivity index (χ2n) is 7.98. The third-order valence-corrected chi connectivity index (χ3v) is 7.99. The first-order valence-electron chi connectivity index (χ1n) is 10.4. The fourth-order valence-electron chi connectivity index (χ4n) is 3.99. The minimum absolute atomic E-state index is 0.0161. The number of amides is 2. The summed E-state index contributed by atoms with van der Waals surface area (Å²) in [5.41, 5.74) is 0.882. The molecule has 0 saturated carbocycles. The third-order valence-electron chi connectivity index (χ3n) is 5.79. The van der Waals surface area contributed by atoms with Crippen LogP contribution in [-0.4, -0.2) is 44.2 Å². The third kappa shape index (κ3) is 4.65. The summed E-state index contributed by atoms with van der Waals surface area (Å²) in [7, 11) is -3.54. The number of hydrogen-bond acceptors (Lipinski definition) is 4. The Balaban J connectivity index is 1.41. The average Bonchev–Trinajstić information content (AvgIpc) is 3.18. The van der Waals surface area contributed by atoms with Gasteiger partial charge >= 0.3 is 0 Å². The van der Waals surface area contributed by atoms with Crippen LogP contribution in [0, 0.1) is 11.7 Å². The minimum Gasteiger partial charge on any atom is -0.326 e. The van der Waals surface area contributed by atoms with E-state index in [-0.39, 0.29) is 34.7 Å². The van der Waals surface area contributed by atoms with Crippen molar-refractivity contribution in [3.63, 3.8) is 0 Å². The lowest BCUT2D eigenvalue weighted by molar-refractivity contribution is -0.122. The Bertz CT molecular complexity index is 1130. The topological polar surface area (TPSA) is 86.8 Å². The summed E-state index contributed by atoms with van der Waals surface area (Å²) in [4.78, 5) is 26.7. The second kappa shape index (κ2) is 9.17. The van der Waals surface area contributed by atoms with E-state index in [4.69, 9.17) is 11.6 Å². The Hall–Kier alpha value is -2.49. The quantitative estimate of drug-likeness (QED) is 0.709. The summed E-state index contributed by atoms with van der Waals surface area (Å²) in [6, 6.07) is 10.0. The van der Waals surface area contributed by atoms with E-state index in [9.17, 15) is 22.4 Å². The lowest BCUT2D eigenvalue weighted by atomic mass is 10.1. The first-order chi connectivity index (χ1) is 15.3. The highest BCUT2D eigenvalue weighted by atomic mass is 35.5. The largest absolute Gasteiger partial charge is 0.326 e. The van der Waals surface area contributed by atoms with Crippen molar-refractivity contribution in [2.75, 3.05) is 29.9 Å². The van der Waals surface area contributed by atoms with Gasteiger partial charge in [0.05, 0.1) is 15.8 Å². The van der Waals surface area contributed by atoms with Gasteiger partial charge in [0.15, 0.2) is 0 Å².